The fourth-order valence-electron chi connectivity index (χ4n) is 1.87. The number of nitrogens with one attached hydrogen (secondary N) is 1. The van der Waals surface area contributed by atoms with Gasteiger partial charge in [0, 0.05) is 20.8 Å². The number of halogens is 2. The summed E-state index contributed by atoms with van der Waals surface area (Å²) in [6.45, 7) is 4.97. The lowest BCUT2D eigenvalue weighted by atomic mass is 10.0. The number of rotatable bonds is 6. The van der Waals surface area contributed by atoms with Crippen molar-refractivity contribution in [3.05, 3.63) is 33.3 Å². The summed E-state index contributed by atoms with van der Waals surface area (Å²) in [5.41, 5.74) is 0.578. The van der Waals surface area contributed by atoms with Crippen molar-refractivity contribution >= 4 is 45.2 Å². The Morgan fingerprint density at radius 3 is 2.58 bits per heavy atom. The van der Waals surface area contributed by atoms with E-state index in [4.69, 9.17) is 11.6 Å². The number of benzene rings is 1. The molecule has 0 fully saturated rings. The van der Waals surface area contributed by atoms with Crippen molar-refractivity contribution in [1.29, 1.82) is 0 Å². The topological polar surface area (TPSA) is 29.1 Å². The second-order valence-electron chi connectivity index (χ2n) is 4.40. The average molecular weight is 365 g/mol. The van der Waals surface area contributed by atoms with Crippen molar-refractivity contribution in [2.24, 2.45) is 0 Å². The highest BCUT2D eigenvalue weighted by Gasteiger charge is 2.25. The van der Waals surface area contributed by atoms with E-state index in [-0.39, 0.29) is 10.7 Å². The molecule has 0 aliphatic rings. The molecular weight excluding hydrogens is 346 g/mol. The van der Waals surface area contributed by atoms with Crippen molar-refractivity contribution in [1.82, 2.24) is 5.32 Å². The predicted octanol–water partition coefficient (Wildman–Crippen LogP) is 4.75. The second kappa shape index (κ2) is 7.55. The SMILES string of the molecule is CCC(CC)(CNC(=O)c1cc(Cl)ccc1Br)SC. The summed E-state index contributed by atoms with van der Waals surface area (Å²) >= 11 is 11.1. The molecule has 19 heavy (non-hydrogen) atoms. The van der Waals surface area contributed by atoms with Crippen LogP contribution >= 0.6 is 39.3 Å². The van der Waals surface area contributed by atoms with Gasteiger partial charge in [0.05, 0.1) is 5.56 Å². The molecule has 0 atom stereocenters. The van der Waals surface area contributed by atoms with E-state index < -0.39 is 0 Å². The summed E-state index contributed by atoms with van der Waals surface area (Å²) in [7, 11) is 0. The fraction of sp³-hybridized carbons (Fsp3) is 0.500. The van der Waals surface area contributed by atoms with Crippen molar-refractivity contribution in [3.63, 3.8) is 0 Å². The number of amides is 1. The highest BCUT2D eigenvalue weighted by molar-refractivity contribution is 9.10. The minimum absolute atomic E-state index is 0.0882. The summed E-state index contributed by atoms with van der Waals surface area (Å²) in [6, 6.07) is 5.23. The Bertz CT molecular complexity index is 441. The molecule has 0 radical (unpaired) electrons. The maximum Gasteiger partial charge on any atom is 0.252 e. The number of thioether (sulfide) groups is 1. The lowest BCUT2D eigenvalue weighted by Gasteiger charge is -2.29. The summed E-state index contributed by atoms with van der Waals surface area (Å²) in [5, 5.41) is 3.58. The average Bonchev–Trinajstić information content (AvgIpc) is 2.43. The molecule has 1 amide bonds. The quantitative estimate of drug-likeness (QED) is 0.789. The van der Waals surface area contributed by atoms with Crippen LogP contribution in [0.3, 0.4) is 0 Å². The van der Waals surface area contributed by atoms with E-state index in [1.165, 1.54) is 0 Å². The third kappa shape index (κ3) is 4.40. The molecule has 1 aromatic rings. The molecule has 0 bridgehead atoms. The summed E-state index contributed by atoms with van der Waals surface area (Å²) < 4.78 is 0.873. The molecule has 5 heteroatoms. The molecule has 0 aliphatic carbocycles. The highest BCUT2D eigenvalue weighted by Crippen LogP contribution is 2.30. The first-order valence-corrected chi connectivity index (χ1v) is 8.66. The molecule has 106 valence electrons. The molecule has 0 saturated heterocycles. The lowest BCUT2D eigenvalue weighted by Crippen LogP contribution is -2.39. The normalized spacial score (nSPS) is 11.4. The maximum atomic E-state index is 12.2. The smallest absolute Gasteiger partial charge is 0.252 e. The van der Waals surface area contributed by atoms with Gasteiger partial charge < -0.3 is 5.32 Å². The van der Waals surface area contributed by atoms with Crippen molar-refractivity contribution < 1.29 is 4.79 Å². The van der Waals surface area contributed by atoms with Gasteiger partial charge in [-0.05, 0) is 53.2 Å². The number of hydrogen-bond donors (Lipinski definition) is 1. The van der Waals surface area contributed by atoms with Gasteiger partial charge in [0.2, 0.25) is 0 Å². The number of hydrogen-bond acceptors (Lipinski definition) is 2. The van der Waals surface area contributed by atoms with E-state index >= 15 is 0 Å². The minimum Gasteiger partial charge on any atom is -0.351 e. The molecular formula is C14H19BrClNOS. The molecule has 2 nitrogen and oxygen atoms in total. The number of carbonyl (C=O) groups excluding carboxylic acids is 1. The predicted molar refractivity (Wildman–Crippen MR) is 88.3 cm³/mol. The molecule has 0 unspecified atom stereocenters. The van der Waals surface area contributed by atoms with Gasteiger partial charge in [0.1, 0.15) is 0 Å². The Morgan fingerprint density at radius 2 is 2.05 bits per heavy atom. The van der Waals surface area contributed by atoms with Crippen molar-refractivity contribution in [3.8, 4) is 0 Å². The summed E-state index contributed by atoms with van der Waals surface area (Å²) in [6.07, 6.45) is 4.15. The van der Waals surface area contributed by atoms with Gasteiger partial charge in [-0.3, -0.25) is 4.79 Å². The number of carbonyl (C=O) groups is 1. The van der Waals surface area contributed by atoms with Crippen LogP contribution in [0.1, 0.15) is 37.0 Å². The van der Waals surface area contributed by atoms with Crippen LogP contribution in [-0.4, -0.2) is 23.5 Å². The van der Waals surface area contributed by atoms with Crippen LogP contribution < -0.4 is 5.32 Å². The van der Waals surface area contributed by atoms with Gasteiger partial charge >= 0.3 is 0 Å². The summed E-state index contributed by atoms with van der Waals surface area (Å²) in [4.78, 5) is 12.2. The van der Waals surface area contributed by atoms with E-state index in [0.29, 0.717) is 17.1 Å². The van der Waals surface area contributed by atoms with Gasteiger partial charge in [0.25, 0.3) is 5.91 Å². The first kappa shape index (κ1) is 16.9. The molecule has 1 N–H and O–H groups in total. The van der Waals surface area contributed by atoms with Gasteiger partial charge in [0.15, 0.2) is 0 Å². The summed E-state index contributed by atoms with van der Waals surface area (Å²) in [5.74, 6) is -0.0882. The van der Waals surface area contributed by atoms with Crippen LogP contribution in [0.15, 0.2) is 22.7 Å². The molecule has 0 heterocycles. The molecule has 0 saturated carbocycles. The van der Waals surface area contributed by atoms with Crippen LogP contribution in [0.25, 0.3) is 0 Å². The van der Waals surface area contributed by atoms with Crippen LogP contribution in [0.2, 0.25) is 5.02 Å². The minimum atomic E-state index is -0.0882. The third-order valence-corrected chi connectivity index (χ3v) is 5.98. The van der Waals surface area contributed by atoms with Crippen LogP contribution in [0, 0.1) is 0 Å². The zero-order valence-corrected chi connectivity index (χ0v) is 14.6. The fourth-order valence-corrected chi connectivity index (χ4v) is 3.26. The van der Waals surface area contributed by atoms with Gasteiger partial charge in [-0.25, -0.2) is 0 Å². The van der Waals surface area contributed by atoms with Crippen LogP contribution in [0.5, 0.6) is 0 Å². The third-order valence-electron chi connectivity index (χ3n) is 3.47. The first-order valence-electron chi connectivity index (χ1n) is 6.26. The van der Waals surface area contributed by atoms with Crippen LogP contribution in [0.4, 0.5) is 0 Å². The van der Waals surface area contributed by atoms with E-state index in [1.54, 1.807) is 18.2 Å². The van der Waals surface area contributed by atoms with Crippen molar-refractivity contribution in [2.75, 3.05) is 12.8 Å². The monoisotopic (exact) mass is 363 g/mol. The van der Waals surface area contributed by atoms with E-state index in [9.17, 15) is 4.79 Å². The molecule has 0 aromatic heterocycles. The van der Waals surface area contributed by atoms with Gasteiger partial charge in [-0.15, -0.1) is 0 Å². The lowest BCUT2D eigenvalue weighted by molar-refractivity contribution is 0.0948. The first-order chi connectivity index (χ1) is 8.98. The Kier molecular flexibility index (Phi) is 6.71. The van der Waals surface area contributed by atoms with Crippen LogP contribution in [-0.2, 0) is 0 Å². The Morgan fingerprint density at radius 1 is 1.42 bits per heavy atom. The molecule has 0 spiro atoms. The zero-order chi connectivity index (χ0) is 14.5. The van der Waals surface area contributed by atoms with Gasteiger partial charge in [-0.1, -0.05) is 25.4 Å². The van der Waals surface area contributed by atoms with Crippen molar-refractivity contribution in [2.45, 2.75) is 31.4 Å². The van der Waals surface area contributed by atoms with Gasteiger partial charge in [-0.2, -0.15) is 11.8 Å². The second-order valence-corrected chi connectivity index (χ2v) is 6.97. The Hall–Kier alpha value is -0.190. The largest absolute Gasteiger partial charge is 0.351 e. The standard InChI is InChI=1S/C14H19BrClNOS/c1-4-14(5-2,19-3)9-17-13(18)11-8-10(16)6-7-12(11)15/h6-8H,4-5,9H2,1-3H3,(H,17,18). The van der Waals surface area contributed by atoms with E-state index in [0.717, 1.165) is 17.3 Å². The van der Waals surface area contributed by atoms with E-state index in [1.807, 2.05) is 11.8 Å². The Balaban J connectivity index is 2.77. The molecule has 1 aromatic carbocycles. The Labute approximate surface area is 132 Å². The zero-order valence-electron chi connectivity index (χ0n) is 11.4. The highest BCUT2D eigenvalue weighted by atomic mass is 79.9. The van der Waals surface area contributed by atoms with E-state index in [2.05, 4.69) is 41.3 Å². The molecule has 0 aliphatic heterocycles. The maximum absolute atomic E-state index is 12.2. The molecule has 1 rings (SSSR count).